The quantitative estimate of drug-likeness (QED) is 0.159. The number of nitrogens with one attached hydrogen (secondary N) is 1. The zero-order valence-corrected chi connectivity index (χ0v) is 45.1. The van der Waals surface area contributed by atoms with Crippen LogP contribution in [0.4, 0.5) is 0 Å². The molecule has 0 spiro atoms. The molecule has 0 unspecified atom stereocenters. The average Bonchev–Trinajstić information content (AvgIpc) is 4.29. The van der Waals surface area contributed by atoms with Gasteiger partial charge >= 0.3 is 0 Å². The lowest BCUT2D eigenvalue weighted by atomic mass is 10.0. The van der Waals surface area contributed by atoms with Crippen molar-refractivity contribution in [1.29, 1.82) is 0 Å². The van der Waals surface area contributed by atoms with Crippen molar-refractivity contribution < 1.29 is 4.42 Å². The lowest BCUT2D eigenvalue weighted by Crippen LogP contribution is -2.08. The number of H-pyrrole nitrogens is 1. The maximum atomic E-state index is 5.26. The average molecular weight is 936 g/mol. The maximum absolute atomic E-state index is 5.26. The first-order chi connectivity index (χ1) is 32.6. The van der Waals surface area contributed by atoms with Gasteiger partial charge in [0.2, 0.25) is 0 Å². The summed E-state index contributed by atoms with van der Waals surface area (Å²) in [5.74, 6) is 1.88. The molecule has 0 saturated carbocycles. The number of benzene rings is 2. The van der Waals surface area contributed by atoms with E-state index >= 15 is 0 Å². The van der Waals surface area contributed by atoms with Gasteiger partial charge in [-0.25, -0.2) is 24.9 Å². The third-order valence-electron chi connectivity index (χ3n) is 7.84. The Balaban J connectivity index is 0. The largest absolute Gasteiger partial charge is 0.441 e. The molecule has 12 heteroatoms. The topological polar surface area (TPSA) is 124 Å². The van der Waals surface area contributed by atoms with E-state index in [1.807, 2.05) is 185 Å². The number of imidazole rings is 1. The predicted octanol–water partition coefficient (Wildman–Crippen LogP) is 17.6. The maximum Gasteiger partial charge on any atom is 0.192 e. The SMILES string of the molecule is CC.CC.CC.CC.CC.CC.CC.CC.Cc1nc2cccc3c2n1CCC3.Cc1nc2ccccc2o1.c1cnc2[nH]ncc2c1.c1cnc2sccc2c1.c1cnc2sncc2c1. The molecule has 0 aliphatic carbocycles. The van der Waals surface area contributed by atoms with Crippen LogP contribution in [0.15, 0.2) is 126 Å². The highest BCUT2D eigenvalue weighted by Crippen LogP contribution is 2.25. The van der Waals surface area contributed by atoms with Crippen molar-refractivity contribution in [3.63, 3.8) is 0 Å². The van der Waals surface area contributed by atoms with Gasteiger partial charge in [-0.15, -0.1) is 11.3 Å². The highest BCUT2D eigenvalue weighted by molar-refractivity contribution is 7.16. The highest BCUT2D eigenvalue weighted by Gasteiger charge is 2.14. The molecule has 0 amide bonds. The number of oxazole rings is 1. The first kappa shape index (κ1) is 62.2. The number of nitrogens with zero attached hydrogens (tertiary/aromatic N) is 8. The van der Waals surface area contributed by atoms with Crippen LogP contribution in [-0.4, -0.2) is 44.1 Å². The van der Waals surface area contributed by atoms with Crippen LogP contribution in [-0.2, 0) is 13.0 Å². The van der Waals surface area contributed by atoms with Crippen LogP contribution < -0.4 is 0 Å². The van der Waals surface area contributed by atoms with Crippen molar-refractivity contribution in [2.75, 3.05) is 0 Å². The minimum absolute atomic E-state index is 0.723. The fourth-order valence-corrected chi connectivity index (χ4v) is 6.89. The predicted molar refractivity (Wildman–Crippen MR) is 293 cm³/mol. The number of aryl methyl sites for hydroxylation is 4. The molecule has 10 nitrogen and oxygen atoms in total. The lowest BCUT2D eigenvalue weighted by molar-refractivity contribution is 0.561. The Morgan fingerprint density at radius 3 is 1.77 bits per heavy atom. The van der Waals surface area contributed by atoms with Gasteiger partial charge in [0, 0.05) is 48.2 Å². The molecule has 2 aromatic carbocycles. The zero-order chi connectivity index (χ0) is 50.1. The van der Waals surface area contributed by atoms with Crippen LogP contribution in [0, 0.1) is 13.8 Å². The molecule has 8 aromatic heterocycles. The Kier molecular flexibility index (Phi) is 38.3. The second-order valence-corrected chi connectivity index (χ2v) is 12.9. The molecular formula is C54H81N9OS2. The number of aromatic nitrogens is 9. The van der Waals surface area contributed by atoms with Gasteiger partial charge in [0.25, 0.3) is 0 Å². The number of para-hydroxylation sites is 3. The van der Waals surface area contributed by atoms with E-state index in [9.17, 15) is 0 Å². The summed E-state index contributed by atoms with van der Waals surface area (Å²) >= 11 is 3.10. The molecule has 66 heavy (non-hydrogen) atoms. The minimum atomic E-state index is 0.723. The molecule has 1 aliphatic rings. The number of aromatic amines is 1. The summed E-state index contributed by atoms with van der Waals surface area (Å²) in [5, 5.41) is 12.0. The molecule has 1 N–H and O–H groups in total. The van der Waals surface area contributed by atoms with E-state index in [1.165, 1.54) is 40.8 Å². The molecule has 10 aromatic rings. The van der Waals surface area contributed by atoms with Crippen LogP contribution in [0.1, 0.15) is 134 Å². The van der Waals surface area contributed by atoms with Gasteiger partial charge in [-0.1, -0.05) is 141 Å². The van der Waals surface area contributed by atoms with E-state index in [1.54, 1.807) is 29.9 Å². The second-order valence-electron chi connectivity index (χ2n) is 11.3. The van der Waals surface area contributed by atoms with Gasteiger partial charge in [0.05, 0.1) is 23.4 Å². The number of hydrogen-bond donors (Lipinski definition) is 1. The molecule has 0 bridgehead atoms. The number of hydrogen-bond acceptors (Lipinski definition) is 10. The first-order valence-electron chi connectivity index (χ1n) is 24.1. The molecule has 0 fully saturated rings. The van der Waals surface area contributed by atoms with E-state index in [-0.39, 0.29) is 0 Å². The number of pyridine rings is 3. The van der Waals surface area contributed by atoms with Crippen molar-refractivity contribution in [2.45, 2.75) is 144 Å². The third-order valence-corrected chi connectivity index (χ3v) is 9.40. The van der Waals surface area contributed by atoms with Gasteiger partial charge < -0.3 is 8.98 Å². The van der Waals surface area contributed by atoms with Gasteiger partial charge in [-0.2, -0.15) is 9.47 Å². The minimum Gasteiger partial charge on any atom is -0.441 e. The van der Waals surface area contributed by atoms with Crippen molar-refractivity contribution >= 4 is 76.5 Å². The second kappa shape index (κ2) is 40.6. The van der Waals surface area contributed by atoms with Crippen LogP contribution in [0.2, 0.25) is 0 Å². The summed E-state index contributed by atoms with van der Waals surface area (Å²) in [6.07, 6.45) is 11.4. The third kappa shape index (κ3) is 20.5. The Bertz CT molecular complexity index is 2320. The van der Waals surface area contributed by atoms with Crippen LogP contribution in [0.5, 0.6) is 0 Å². The summed E-state index contributed by atoms with van der Waals surface area (Å²) in [6, 6.07) is 28.0. The van der Waals surface area contributed by atoms with E-state index in [0.29, 0.717) is 0 Å². The van der Waals surface area contributed by atoms with Crippen LogP contribution in [0.3, 0.4) is 0 Å². The fourth-order valence-electron chi connectivity index (χ4n) is 5.56. The molecule has 11 rings (SSSR count). The fraction of sp³-hybridized carbons (Fsp3) is 0.389. The van der Waals surface area contributed by atoms with E-state index in [2.05, 4.69) is 86.7 Å². The smallest absolute Gasteiger partial charge is 0.192 e. The Morgan fingerprint density at radius 2 is 1.15 bits per heavy atom. The summed E-state index contributed by atoms with van der Waals surface area (Å²) < 4.78 is 11.6. The van der Waals surface area contributed by atoms with Crippen molar-refractivity contribution in [1.82, 2.24) is 44.1 Å². The number of rotatable bonds is 0. The number of fused-ring (bicyclic) bond motifs is 4. The van der Waals surface area contributed by atoms with Gasteiger partial charge in [-0.3, -0.25) is 5.10 Å². The standard InChI is InChI=1S/C11H12N2.C8H7NO.C7H5NS.C6H5N3.C6H4N2S.8C2H6/c1-8-12-10-6-2-4-9-5-3-7-13(8)11(9)10;1-6-9-7-4-2-3-5-8(7)10-6;1-2-6-3-5-9-7(6)8-4-1;2*1-2-5-4-8-9-6(5)7-3-1;8*1-2/h2,4,6H,3,5,7H2,1H3;2-5H,1H3;1-5H;1-4H,(H,7,8,9);1-4H;8*1-2H3. The highest BCUT2D eigenvalue weighted by atomic mass is 32.1. The molecular weight excluding hydrogens is 855 g/mol. The molecule has 0 saturated heterocycles. The summed E-state index contributed by atoms with van der Waals surface area (Å²) in [4.78, 5) is 23.1. The molecule has 9 heterocycles. The Labute approximate surface area is 405 Å². The monoisotopic (exact) mass is 936 g/mol. The van der Waals surface area contributed by atoms with Gasteiger partial charge in [0.15, 0.2) is 17.1 Å². The number of thiophene rings is 1. The van der Waals surface area contributed by atoms with E-state index in [4.69, 9.17) is 4.42 Å². The van der Waals surface area contributed by atoms with Gasteiger partial charge in [0.1, 0.15) is 21.0 Å². The normalized spacial score (nSPS) is 9.48. The summed E-state index contributed by atoms with van der Waals surface area (Å²) in [7, 11) is 0. The molecule has 1 aliphatic heterocycles. The molecule has 0 radical (unpaired) electrons. The molecule has 0 atom stereocenters. The lowest BCUT2D eigenvalue weighted by Gasteiger charge is -2.15. The van der Waals surface area contributed by atoms with Crippen molar-refractivity contribution in [3.05, 3.63) is 139 Å². The zero-order valence-electron chi connectivity index (χ0n) is 43.5. The molecule has 360 valence electrons. The van der Waals surface area contributed by atoms with Crippen molar-refractivity contribution in [3.8, 4) is 0 Å². The summed E-state index contributed by atoms with van der Waals surface area (Å²) in [5.41, 5.74) is 6.63. The summed E-state index contributed by atoms with van der Waals surface area (Å²) in [6.45, 7) is 37.1. The van der Waals surface area contributed by atoms with Crippen LogP contribution >= 0.6 is 22.9 Å². The Morgan fingerprint density at radius 1 is 0.561 bits per heavy atom. The van der Waals surface area contributed by atoms with Gasteiger partial charge in [-0.05, 0) is 96.8 Å². The van der Waals surface area contributed by atoms with E-state index < -0.39 is 0 Å². The van der Waals surface area contributed by atoms with E-state index in [0.717, 1.165) is 61.0 Å². The van der Waals surface area contributed by atoms with Crippen molar-refractivity contribution in [2.24, 2.45) is 0 Å². The van der Waals surface area contributed by atoms with Crippen LogP contribution in [0.25, 0.3) is 53.6 Å². The Hall–Kier alpha value is -5.85. The first-order valence-corrected chi connectivity index (χ1v) is 25.7.